The molecule has 0 heterocycles. The van der Waals surface area contributed by atoms with Gasteiger partial charge in [0.1, 0.15) is 0 Å². The molecule has 0 atom stereocenters. The van der Waals surface area contributed by atoms with E-state index in [0.717, 1.165) is 6.55 Å². The number of hydrogen-bond donors (Lipinski definition) is 0. The van der Waals surface area contributed by atoms with Crippen molar-refractivity contribution >= 4 is 35.8 Å². The maximum atomic E-state index is 10.4. The zero-order valence-electron chi connectivity index (χ0n) is 5.79. The third-order valence-corrected chi connectivity index (χ3v) is 0. The molecule has 0 unspecified atom stereocenters. The van der Waals surface area contributed by atoms with Crippen molar-refractivity contribution in [3.63, 3.8) is 0 Å². The summed E-state index contributed by atoms with van der Waals surface area (Å²) in [6.07, 6.45) is 0. The van der Waals surface area contributed by atoms with E-state index in [-0.39, 0.29) is 0 Å². The normalized spacial score (nSPS) is 6.67. The zero-order valence-corrected chi connectivity index (χ0v) is 10.4. The van der Waals surface area contributed by atoms with Crippen molar-refractivity contribution in [3.05, 3.63) is 0 Å². The molecule has 56 valence electrons. The van der Waals surface area contributed by atoms with E-state index in [9.17, 15) is 12.3 Å². The van der Waals surface area contributed by atoms with Crippen LogP contribution in [0, 0.1) is 0 Å². The van der Waals surface area contributed by atoms with Crippen molar-refractivity contribution in [1.82, 2.24) is 0 Å². The van der Waals surface area contributed by atoms with Gasteiger partial charge in [0.05, 0.1) is 0 Å². The fraction of sp³-hybridized carbons (Fsp3) is 1.00. The fourth-order valence-electron chi connectivity index (χ4n) is 0. The van der Waals surface area contributed by atoms with Crippen molar-refractivity contribution in [2.75, 3.05) is 0 Å². The molecular formula is C3H11F3GeSi2. The standard InChI is InChI=1S/CH3F2Si.CH4FSi.CH4Ge/c1-4(2)3;1-3-2;1-2/h1H3;3H,1H3;2H,1H3. The number of rotatable bonds is 0. The first-order chi connectivity index (χ1) is 4.15. The van der Waals surface area contributed by atoms with E-state index in [0.29, 0.717) is 0 Å². The summed E-state index contributed by atoms with van der Waals surface area (Å²) in [6, 6.07) is 0. The van der Waals surface area contributed by atoms with Crippen LogP contribution in [0.4, 0.5) is 12.3 Å². The molecule has 0 aromatic carbocycles. The van der Waals surface area contributed by atoms with Crippen LogP contribution in [0.15, 0.2) is 0 Å². The molecular weight excluding hydrogens is 222 g/mol. The van der Waals surface area contributed by atoms with Crippen LogP contribution in [-0.4, -0.2) is 35.8 Å². The molecule has 6 heteroatoms. The molecule has 0 aromatic heterocycles. The molecule has 9 heavy (non-hydrogen) atoms. The molecule has 0 aliphatic heterocycles. The molecule has 0 aromatic rings. The van der Waals surface area contributed by atoms with Crippen molar-refractivity contribution in [2.24, 2.45) is 0 Å². The van der Waals surface area contributed by atoms with E-state index in [4.69, 9.17) is 0 Å². The summed E-state index contributed by atoms with van der Waals surface area (Å²) in [5.41, 5.74) is 0. The first kappa shape index (κ1) is 16.4. The van der Waals surface area contributed by atoms with Crippen molar-refractivity contribution < 1.29 is 12.3 Å². The summed E-state index contributed by atoms with van der Waals surface area (Å²) in [7, 11) is -3.63. The Kier molecular flexibility index (Phi) is 42.4. The number of halogens is 3. The molecule has 0 fully saturated rings. The Hall–Kier alpha value is 0.767. The van der Waals surface area contributed by atoms with Gasteiger partial charge in [-0.3, -0.25) is 8.22 Å². The third-order valence-electron chi connectivity index (χ3n) is 0. The van der Waals surface area contributed by atoms with Gasteiger partial charge >= 0.3 is 31.7 Å². The molecule has 0 saturated heterocycles. The molecule has 0 aliphatic carbocycles. The monoisotopic (exact) mass is 234 g/mol. The Balaban J connectivity index is -0.0000000646. The van der Waals surface area contributed by atoms with E-state index < -0.39 is 19.3 Å². The second-order valence-corrected chi connectivity index (χ2v) is 2.00. The number of hydrogen-bond acceptors (Lipinski definition) is 0. The van der Waals surface area contributed by atoms with Crippen LogP contribution in [-0.2, 0) is 0 Å². The van der Waals surface area contributed by atoms with E-state index in [1.54, 1.807) is 23.1 Å². The minimum absolute atomic E-state index is 0.750. The average molecular weight is 233 g/mol. The Bertz CT molecular complexity index is 28.3. The van der Waals surface area contributed by atoms with Crippen LogP contribution in [0.2, 0.25) is 18.9 Å². The van der Waals surface area contributed by atoms with Crippen molar-refractivity contribution in [3.8, 4) is 0 Å². The van der Waals surface area contributed by atoms with Crippen LogP contribution in [0.25, 0.3) is 0 Å². The summed E-state index contributed by atoms with van der Waals surface area (Å²) < 4.78 is 31.2. The predicted octanol–water partition coefficient (Wildman–Crippen LogP) is 1.33. The first-order valence-corrected chi connectivity index (χ1v) is 8.02. The van der Waals surface area contributed by atoms with Gasteiger partial charge in [0.15, 0.2) is 0 Å². The molecule has 0 saturated carbocycles. The maximum absolute atomic E-state index is 10.4. The van der Waals surface area contributed by atoms with Gasteiger partial charge < -0.3 is 4.11 Å². The Morgan fingerprint density at radius 1 is 1.33 bits per heavy atom. The third kappa shape index (κ3) is 683. The first-order valence-electron chi connectivity index (χ1n) is 2.25. The Morgan fingerprint density at radius 3 is 1.33 bits per heavy atom. The molecule has 0 spiro atoms. The summed E-state index contributed by atoms with van der Waals surface area (Å²) in [5, 5.41) is 0. The molecule has 0 N–H and O–H groups in total. The van der Waals surface area contributed by atoms with Crippen LogP contribution in [0.1, 0.15) is 0 Å². The van der Waals surface area contributed by atoms with E-state index >= 15 is 0 Å². The molecule has 0 nitrogen and oxygen atoms in total. The van der Waals surface area contributed by atoms with Gasteiger partial charge in [-0.1, -0.05) is 0 Å². The quantitative estimate of drug-likeness (QED) is 0.437. The van der Waals surface area contributed by atoms with Crippen LogP contribution < -0.4 is 0 Å². The van der Waals surface area contributed by atoms with Crippen molar-refractivity contribution in [2.45, 2.75) is 18.9 Å². The van der Waals surface area contributed by atoms with E-state index in [1.807, 2.05) is 0 Å². The Morgan fingerprint density at radius 2 is 1.33 bits per heavy atom. The van der Waals surface area contributed by atoms with Gasteiger partial charge in [-0.05, 0) is 13.1 Å². The summed E-state index contributed by atoms with van der Waals surface area (Å²) >= 11 is 1.69. The average Bonchev–Trinajstić information content (AvgIpc) is 1.71. The second-order valence-electron chi connectivity index (χ2n) is 0.668. The van der Waals surface area contributed by atoms with Gasteiger partial charge in [-0.25, -0.2) is 0 Å². The molecule has 0 rings (SSSR count). The summed E-state index contributed by atoms with van der Waals surface area (Å²) in [6.45, 7) is 2.48. The molecule has 4 radical (unpaired) electrons. The minimum atomic E-state index is -2.88. The van der Waals surface area contributed by atoms with E-state index in [2.05, 4.69) is 5.76 Å². The fourth-order valence-corrected chi connectivity index (χ4v) is 0. The Labute approximate surface area is 67.4 Å². The summed E-state index contributed by atoms with van der Waals surface area (Å²) in [5.74, 6) is 2.06. The van der Waals surface area contributed by atoms with Crippen LogP contribution in [0.5, 0.6) is 0 Å². The summed E-state index contributed by atoms with van der Waals surface area (Å²) in [4.78, 5) is 0. The SMILES string of the molecule is C[SiH]F.C[Si](F)F.[CH3][GeH]. The van der Waals surface area contributed by atoms with Gasteiger partial charge in [0, 0.05) is 0 Å². The predicted molar refractivity (Wildman–Crippen MR) is 41.0 cm³/mol. The zero-order chi connectivity index (χ0) is 8.28. The van der Waals surface area contributed by atoms with Gasteiger partial charge in [0.25, 0.3) is 0 Å². The van der Waals surface area contributed by atoms with Crippen molar-refractivity contribution in [1.29, 1.82) is 0 Å². The molecule has 0 aliphatic rings. The van der Waals surface area contributed by atoms with Gasteiger partial charge in [-0.2, -0.15) is 0 Å². The van der Waals surface area contributed by atoms with Crippen LogP contribution >= 0.6 is 0 Å². The second kappa shape index (κ2) is 23.3. The van der Waals surface area contributed by atoms with Crippen LogP contribution in [0.3, 0.4) is 0 Å². The molecule has 0 amide bonds. The molecule has 0 bridgehead atoms. The van der Waals surface area contributed by atoms with E-state index in [1.165, 1.54) is 0 Å². The van der Waals surface area contributed by atoms with Gasteiger partial charge in [-0.15, -0.1) is 0 Å². The topological polar surface area (TPSA) is 0 Å². The van der Waals surface area contributed by atoms with Gasteiger partial charge in [0.2, 0.25) is 9.85 Å².